The number of anilines is 2. The summed E-state index contributed by atoms with van der Waals surface area (Å²) in [5.41, 5.74) is 8.23. The SMILES string of the molecule is NCc1cc(Br)cnc1N1CCN(c2ccccc2)CC1. The van der Waals surface area contributed by atoms with Gasteiger partial charge in [-0.15, -0.1) is 0 Å². The van der Waals surface area contributed by atoms with Crippen LogP contribution in [0.5, 0.6) is 0 Å². The highest BCUT2D eigenvalue weighted by atomic mass is 79.9. The van der Waals surface area contributed by atoms with Gasteiger partial charge in [0.1, 0.15) is 5.82 Å². The van der Waals surface area contributed by atoms with Crippen molar-refractivity contribution < 1.29 is 0 Å². The summed E-state index contributed by atoms with van der Waals surface area (Å²) >= 11 is 3.46. The summed E-state index contributed by atoms with van der Waals surface area (Å²) in [4.78, 5) is 9.29. The van der Waals surface area contributed by atoms with Gasteiger partial charge in [-0.25, -0.2) is 4.98 Å². The van der Waals surface area contributed by atoms with E-state index < -0.39 is 0 Å². The molecule has 3 rings (SSSR count). The van der Waals surface area contributed by atoms with Crippen LogP contribution in [0.3, 0.4) is 0 Å². The number of nitrogens with zero attached hydrogens (tertiary/aromatic N) is 3. The summed E-state index contributed by atoms with van der Waals surface area (Å²) in [7, 11) is 0. The molecule has 1 aromatic carbocycles. The van der Waals surface area contributed by atoms with E-state index in [9.17, 15) is 0 Å². The number of hydrogen-bond donors (Lipinski definition) is 1. The third-order valence-electron chi connectivity index (χ3n) is 3.83. The molecule has 1 aliphatic rings. The highest BCUT2D eigenvalue weighted by Crippen LogP contribution is 2.24. The number of para-hydroxylation sites is 1. The van der Waals surface area contributed by atoms with E-state index in [1.54, 1.807) is 0 Å². The van der Waals surface area contributed by atoms with Crippen molar-refractivity contribution in [3.8, 4) is 0 Å². The van der Waals surface area contributed by atoms with E-state index in [1.165, 1.54) is 5.69 Å². The summed E-state index contributed by atoms with van der Waals surface area (Å²) in [6.07, 6.45) is 1.85. The van der Waals surface area contributed by atoms with E-state index in [0.29, 0.717) is 6.54 Å². The van der Waals surface area contributed by atoms with Gasteiger partial charge in [0.05, 0.1) is 0 Å². The van der Waals surface area contributed by atoms with Gasteiger partial charge in [0, 0.05) is 54.6 Å². The van der Waals surface area contributed by atoms with Crippen molar-refractivity contribution in [3.05, 3.63) is 52.6 Å². The maximum Gasteiger partial charge on any atom is 0.133 e. The standard InChI is InChI=1S/C16H19BrN4/c17-14-10-13(11-18)16(19-12-14)21-8-6-20(7-9-21)15-4-2-1-3-5-15/h1-5,10,12H,6-9,11,18H2. The lowest BCUT2D eigenvalue weighted by molar-refractivity contribution is 0.644. The molecular formula is C16H19BrN4. The first-order chi connectivity index (χ1) is 10.3. The molecule has 1 aromatic heterocycles. The Bertz CT molecular complexity index is 594. The highest BCUT2D eigenvalue weighted by molar-refractivity contribution is 9.10. The topological polar surface area (TPSA) is 45.4 Å². The fourth-order valence-electron chi connectivity index (χ4n) is 2.72. The van der Waals surface area contributed by atoms with Gasteiger partial charge >= 0.3 is 0 Å². The minimum Gasteiger partial charge on any atom is -0.368 e. The average molecular weight is 347 g/mol. The van der Waals surface area contributed by atoms with Crippen LogP contribution < -0.4 is 15.5 Å². The molecule has 0 amide bonds. The van der Waals surface area contributed by atoms with Crippen molar-refractivity contribution in [1.29, 1.82) is 0 Å². The Kier molecular flexibility index (Phi) is 4.41. The zero-order valence-electron chi connectivity index (χ0n) is 11.9. The van der Waals surface area contributed by atoms with Crippen molar-refractivity contribution in [3.63, 3.8) is 0 Å². The van der Waals surface area contributed by atoms with Crippen molar-refractivity contribution in [2.75, 3.05) is 36.0 Å². The quantitative estimate of drug-likeness (QED) is 0.927. The monoisotopic (exact) mass is 346 g/mol. The summed E-state index contributed by atoms with van der Waals surface area (Å²) in [6.45, 7) is 4.46. The number of aromatic nitrogens is 1. The maximum absolute atomic E-state index is 5.85. The smallest absolute Gasteiger partial charge is 0.133 e. The number of halogens is 1. The summed E-state index contributed by atoms with van der Waals surface area (Å²) in [5.74, 6) is 1.02. The van der Waals surface area contributed by atoms with Gasteiger partial charge in [0.2, 0.25) is 0 Å². The Hall–Kier alpha value is -1.59. The highest BCUT2D eigenvalue weighted by Gasteiger charge is 2.20. The van der Waals surface area contributed by atoms with Gasteiger partial charge in [-0.05, 0) is 34.1 Å². The third kappa shape index (κ3) is 3.19. The van der Waals surface area contributed by atoms with Crippen LogP contribution >= 0.6 is 15.9 Å². The van der Waals surface area contributed by atoms with Crippen molar-refractivity contribution >= 4 is 27.4 Å². The Morgan fingerprint density at radius 2 is 1.71 bits per heavy atom. The molecule has 21 heavy (non-hydrogen) atoms. The molecule has 0 radical (unpaired) electrons. The fraction of sp³-hybridized carbons (Fsp3) is 0.312. The van der Waals surface area contributed by atoms with Gasteiger partial charge in [0.25, 0.3) is 0 Å². The Morgan fingerprint density at radius 3 is 2.38 bits per heavy atom. The molecular weight excluding hydrogens is 328 g/mol. The van der Waals surface area contributed by atoms with Crippen LogP contribution in [0.15, 0.2) is 47.1 Å². The molecule has 1 aliphatic heterocycles. The van der Waals surface area contributed by atoms with Crippen LogP contribution in [0.4, 0.5) is 11.5 Å². The molecule has 0 saturated carbocycles. The molecule has 0 atom stereocenters. The predicted octanol–water partition coefficient (Wildman–Crippen LogP) is 2.63. The van der Waals surface area contributed by atoms with Crippen LogP contribution in [0.25, 0.3) is 0 Å². The van der Waals surface area contributed by atoms with Crippen LogP contribution in [0, 0.1) is 0 Å². The van der Waals surface area contributed by atoms with Crippen molar-refractivity contribution in [2.45, 2.75) is 6.54 Å². The second-order valence-corrected chi connectivity index (χ2v) is 6.07. The molecule has 1 fully saturated rings. The number of pyridine rings is 1. The van der Waals surface area contributed by atoms with Crippen LogP contribution in [0.2, 0.25) is 0 Å². The summed E-state index contributed by atoms with van der Waals surface area (Å²) in [6, 6.07) is 12.6. The molecule has 2 aromatic rings. The molecule has 0 aliphatic carbocycles. The summed E-state index contributed by atoms with van der Waals surface area (Å²) < 4.78 is 0.981. The van der Waals surface area contributed by atoms with E-state index in [0.717, 1.165) is 42.0 Å². The van der Waals surface area contributed by atoms with Crippen molar-refractivity contribution in [2.24, 2.45) is 5.73 Å². The second-order valence-electron chi connectivity index (χ2n) is 5.15. The normalized spacial score (nSPS) is 15.3. The van der Waals surface area contributed by atoms with Gasteiger partial charge in [-0.2, -0.15) is 0 Å². The van der Waals surface area contributed by atoms with Gasteiger partial charge < -0.3 is 15.5 Å². The number of benzene rings is 1. The Morgan fingerprint density at radius 1 is 1.05 bits per heavy atom. The first kappa shape index (κ1) is 14.4. The third-order valence-corrected chi connectivity index (χ3v) is 4.26. The minimum absolute atomic E-state index is 0.515. The van der Waals surface area contributed by atoms with E-state index in [-0.39, 0.29) is 0 Å². The summed E-state index contributed by atoms with van der Waals surface area (Å²) in [5, 5.41) is 0. The zero-order valence-corrected chi connectivity index (χ0v) is 13.5. The van der Waals surface area contributed by atoms with Crippen LogP contribution in [0.1, 0.15) is 5.56 Å². The Balaban J connectivity index is 1.71. The molecule has 110 valence electrons. The molecule has 5 heteroatoms. The minimum atomic E-state index is 0.515. The van der Waals surface area contributed by atoms with Gasteiger partial charge in [-0.3, -0.25) is 0 Å². The van der Waals surface area contributed by atoms with E-state index >= 15 is 0 Å². The van der Waals surface area contributed by atoms with Gasteiger partial charge in [-0.1, -0.05) is 18.2 Å². The van der Waals surface area contributed by atoms with Crippen LogP contribution in [-0.4, -0.2) is 31.2 Å². The first-order valence-corrected chi connectivity index (χ1v) is 7.96. The molecule has 1 saturated heterocycles. The van der Waals surface area contributed by atoms with Gasteiger partial charge in [0.15, 0.2) is 0 Å². The second kappa shape index (κ2) is 6.45. The number of hydrogen-bond acceptors (Lipinski definition) is 4. The molecule has 0 bridgehead atoms. The molecule has 0 unspecified atom stereocenters. The number of piperazine rings is 1. The fourth-order valence-corrected chi connectivity index (χ4v) is 3.10. The lowest BCUT2D eigenvalue weighted by Gasteiger charge is -2.37. The molecule has 4 nitrogen and oxygen atoms in total. The largest absolute Gasteiger partial charge is 0.368 e. The average Bonchev–Trinajstić information content (AvgIpc) is 2.56. The predicted molar refractivity (Wildman–Crippen MR) is 90.7 cm³/mol. The molecule has 2 heterocycles. The Labute approximate surface area is 133 Å². The lowest BCUT2D eigenvalue weighted by atomic mass is 10.2. The molecule has 0 spiro atoms. The van der Waals surface area contributed by atoms with Crippen molar-refractivity contribution in [1.82, 2.24) is 4.98 Å². The van der Waals surface area contributed by atoms with E-state index in [4.69, 9.17) is 5.73 Å². The maximum atomic E-state index is 5.85. The first-order valence-electron chi connectivity index (χ1n) is 7.17. The lowest BCUT2D eigenvalue weighted by Crippen LogP contribution is -2.47. The number of nitrogens with two attached hydrogens (primary N) is 1. The molecule has 2 N–H and O–H groups in total. The van der Waals surface area contributed by atoms with E-state index in [1.807, 2.05) is 6.20 Å². The zero-order chi connectivity index (χ0) is 14.7. The van der Waals surface area contributed by atoms with E-state index in [2.05, 4.69) is 67.1 Å². The van der Waals surface area contributed by atoms with Crippen LogP contribution in [-0.2, 0) is 6.54 Å². The number of rotatable bonds is 3.